The molecule has 5 rings (SSSR count). The third-order valence-electron chi connectivity index (χ3n) is 6.34. The fourth-order valence-corrected chi connectivity index (χ4v) is 4.59. The number of carbonyl (C=O) groups is 2. The molecule has 9 nitrogen and oxygen atoms in total. The number of aryl methyl sites for hydroxylation is 1. The number of pyridine rings is 1. The summed E-state index contributed by atoms with van der Waals surface area (Å²) in [7, 11) is 1.59. The van der Waals surface area contributed by atoms with E-state index in [0.29, 0.717) is 23.7 Å². The van der Waals surface area contributed by atoms with E-state index in [4.69, 9.17) is 4.74 Å². The van der Waals surface area contributed by atoms with Crippen molar-refractivity contribution in [1.82, 2.24) is 20.0 Å². The number of rotatable bonds is 6. The number of piperidine rings is 1. The minimum atomic E-state index is -0.536. The molecule has 0 aliphatic carbocycles. The summed E-state index contributed by atoms with van der Waals surface area (Å²) in [6.07, 6.45) is 5.39. The quantitative estimate of drug-likeness (QED) is 0.444. The Kier molecular flexibility index (Phi) is 6.44. The number of hydrogen-bond donors (Lipinski definition) is 1. The molecule has 1 N–H and O–H groups in total. The van der Waals surface area contributed by atoms with Crippen molar-refractivity contribution in [2.75, 3.05) is 17.3 Å². The van der Waals surface area contributed by atoms with Gasteiger partial charge in [-0.25, -0.2) is 4.98 Å². The predicted octanol–water partition coefficient (Wildman–Crippen LogP) is 4.10. The Morgan fingerprint density at radius 1 is 1.03 bits per heavy atom. The molecule has 3 heterocycles. The fourth-order valence-electron chi connectivity index (χ4n) is 4.59. The van der Waals surface area contributed by atoms with Crippen LogP contribution in [-0.4, -0.2) is 38.9 Å². The second kappa shape index (κ2) is 9.99. The van der Waals surface area contributed by atoms with Crippen LogP contribution in [-0.2, 0) is 9.59 Å². The largest absolute Gasteiger partial charge is 0.496 e. The maximum Gasteiger partial charge on any atom is 0.229 e. The summed E-state index contributed by atoms with van der Waals surface area (Å²) in [5.41, 5.74) is 3.17. The molecule has 182 valence electrons. The number of para-hydroxylation sites is 1. The summed E-state index contributed by atoms with van der Waals surface area (Å²) in [4.78, 5) is 34.4. The standard InChI is InChI=1S/C27H26N6O3/c1-18-7-10-20(11-8-18)32-25(34)14-12-22(26(32)21-5-3-4-6-23(21)36-2)27(35)31-19-9-13-24(28-17-19)33-29-15-16-30-33/h3-11,13,15-17,22,26H,12,14H2,1-2H3,(H,31,35)/t22-,26+/m1/s1. The van der Waals surface area contributed by atoms with Crippen molar-refractivity contribution < 1.29 is 14.3 Å². The SMILES string of the molecule is COc1ccccc1[C@H]1[C@H](C(=O)Nc2ccc(-n3nccn3)nc2)CCC(=O)N1c1ccc(C)cc1. The highest BCUT2D eigenvalue weighted by molar-refractivity contribution is 6.00. The van der Waals surface area contributed by atoms with Crippen LogP contribution in [0.1, 0.15) is 30.0 Å². The molecule has 1 saturated heterocycles. The van der Waals surface area contributed by atoms with Gasteiger partial charge in [-0.1, -0.05) is 35.9 Å². The van der Waals surface area contributed by atoms with Crippen molar-refractivity contribution in [3.05, 3.63) is 90.4 Å². The van der Waals surface area contributed by atoms with E-state index in [2.05, 4.69) is 20.5 Å². The molecule has 36 heavy (non-hydrogen) atoms. The molecule has 0 saturated carbocycles. The van der Waals surface area contributed by atoms with Gasteiger partial charge in [0.1, 0.15) is 5.75 Å². The van der Waals surface area contributed by atoms with Crippen LogP contribution in [0.15, 0.2) is 79.3 Å². The molecule has 2 amide bonds. The fraction of sp³-hybridized carbons (Fsp3) is 0.222. The van der Waals surface area contributed by atoms with Crippen LogP contribution in [0.5, 0.6) is 5.75 Å². The normalized spacial score (nSPS) is 17.6. The van der Waals surface area contributed by atoms with Gasteiger partial charge in [0.2, 0.25) is 11.8 Å². The first-order valence-electron chi connectivity index (χ1n) is 11.7. The highest BCUT2D eigenvalue weighted by atomic mass is 16.5. The Bertz CT molecular complexity index is 1350. The molecule has 2 atom stereocenters. The first kappa shape index (κ1) is 23.2. The Morgan fingerprint density at radius 3 is 2.47 bits per heavy atom. The molecule has 1 aliphatic heterocycles. The average Bonchev–Trinajstić information content (AvgIpc) is 3.44. The van der Waals surface area contributed by atoms with Gasteiger partial charge in [0, 0.05) is 17.7 Å². The number of aromatic nitrogens is 4. The lowest BCUT2D eigenvalue weighted by Gasteiger charge is -2.41. The summed E-state index contributed by atoms with van der Waals surface area (Å²) in [6.45, 7) is 2.00. The van der Waals surface area contributed by atoms with Crippen LogP contribution in [0.4, 0.5) is 11.4 Å². The Labute approximate surface area is 208 Å². The van der Waals surface area contributed by atoms with E-state index in [1.54, 1.807) is 42.7 Å². The van der Waals surface area contributed by atoms with Gasteiger partial charge in [-0.2, -0.15) is 10.2 Å². The number of carbonyl (C=O) groups excluding carboxylic acids is 2. The van der Waals surface area contributed by atoms with Gasteiger partial charge in [0.05, 0.1) is 43.3 Å². The molecular weight excluding hydrogens is 456 g/mol. The molecule has 0 spiro atoms. The summed E-state index contributed by atoms with van der Waals surface area (Å²) < 4.78 is 5.64. The highest BCUT2D eigenvalue weighted by Crippen LogP contribution is 2.43. The zero-order valence-electron chi connectivity index (χ0n) is 20.0. The maximum atomic E-state index is 13.7. The number of nitrogens with zero attached hydrogens (tertiary/aromatic N) is 5. The van der Waals surface area contributed by atoms with E-state index in [1.165, 1.54) is 4.80 Å². The van der Waals surface area contributed by atoms with Crippen LogP contribution < -0.4 is 15.0 Å². The molecule has 1 aliphatic rings. The summed E-state index contributed by atoms with van der Waals surface area (Å²) in [6, 6.07) is 18.3. The number of anilines is 2. The Hall–Kier alpha value is -4.53. The van der Waals surface area contributed by atoms with Crippen LogP contribution >= 0.6 is 0 Å². The lowest BCUT2D eigenvalue weighted by molar-refractivity contribution is -0.125. The number of nitrogens with one attached hydrogen (secondary N) is 1. The van der Waals surface area contributed by atoms with Crippen molar-refractivity contribution in [3.8, 4) is 11.6 Å². The van der Waals surface area contributed by atoms with Gasteiger partial charge in [-0.3, -0.25) is 9.59 Å². The molecular formula is C27H26N6O3. The second-order valence-corrected chi connectivity index (χ2v) is 8.64. The zero-order valence-corrected chi connectivity index (χ0v) is 20.0. The van der Waals surface area contributed by atoms with Crippen LogP contribution in [0.3, 0.4) is 0 Å². The third-order valence-corrected chi connectivity index (χ3v) is 6.34. The molecule has 0 bridgehead atoms. The molecule has 4 aromatic rings. The molecule has 0 radical (unpaired) electrons. The summed E-state index contributed by atoms with van der Waals surface area (Å²) in [5.74, 6) is 0.440. The van der Waals surface area contributed by atoms with Gasteiger partial charge in [0.25, 0.3) is 0 Å². The van der Waals surface area contributed by atoms with E-state index in [0.717, 1.165) is 16.8 Å². The second-order valence-electron chi connectivity index (χ2n) is 8.64. The summed E-state index contributed by atoms with van der Waals surface area (Å²) >= 11 is 0. The first-order valence-corrected chi connectivity index (χ1v) is 11.7. The van der Waals surface area contributed by atoms with E-state index in [-0.39, 0.29) is 18.2 Å². The highest BCUT2D eigenvalue weighted by Gasteiger charge is 2.42. The van der Waals surface area contributed by atoms with E-state index in [9.17, 15) is 9.59 Å². The van der Waals surface area contributed by atoms with E-state index < -0.39 is 12.0 Å². The molecule has 1 fully saturated rings. The van der Waals surface area contributed by atoms with Gasteiger partial charge in [-0.15, -0.1) is 4.80 Å². The van der Waals surface area contributed by atoms with Gasteiger partial charge in [-0.05, 0) is 43.7 Å². The zero-order chi connectivity index (χ0) is 25.1. The predicted molar refractivity (Wildman–Crippen MR) is 135 cm³/mol. The maximum absolute atomic E-state index is 13.7. The minimum Gasteiger partial charge on any atom is -0.496 e. The number of ether oxygens (including phenoxy) is 1. The Morgan fingerprint density at radius 2 is 1.78 bits per heavy atom. The molecule has 2 aromatic carbocycles. The van der Waals surface area contributed by atoms with Crippen molar-refractivity contribution in [2.45, 2.75) is 25.8 Å². The average molecular weight is 483 g/mol. The van der Waals surface area contributed by atoms with Crippen molar-refractivity contribution in [3.63, 3.8) is 0 Å². The van der Waals surface area contributed by atoms with Crippen LogP contribution in [0, 0.1) is 12.8 Å². The van der Waals surface area contributed by atoms with Gasteiger partial charge in [0.15, 0.2) is 5.82 Å². The Balaban J connectivity index is 1.49. The van der Waals surface area contributed by atoms with E-state index >= 15 is 0 Å². The molecule has 9 heteroatoms. The van der Waals surface area contributed by atoms with E-state index in [1.807, 2.05) is 55.5 Å². The van der Waals surface area contributed by atoms with Crippen molar-refractivity contribution in [1.29, 1.82) is 0 Å². The lowest BCUT2D eigenvalue weighted by atomic mass is 9.82. The first-order chi connectivity index (χ1) is 17.5. The van der Waals surface area contributed by atoms with Gasteiger partial charge < -0.3 is 15.0 Å². The number of methoxy groups -OCH3 is 1. The lowest BCUT2D eigenvalue weighted by Crippen LogP contribution is -2.47. The monoisotopic (exact) mass is 482 g/mol. The molecule has 2 aromatic heterocycles. The van der Waals surface area contributed by atoms with Gasteiger partial charge >= 0.3 is 0 Å². The number of amides is 2. The minimum absolute atomic E-state index is 0.0310. The summed E-state index contributed by atoms with van der Waals surface area (Å²) in [5, 5.41) is 11.1. The van der Waals surface area contributed by atoms with Crippen molar-refractivity contribution >= 4 is 23.2 Å². The van der Waals surface area contributed by atoms with Crippen LogP contribution in [0.25, 0.3) is 5.82 Å². The molecule has 0 unspecified atom stereocenters. The smallest absolute Gasteiger partial charge is 0.229 e. The third kappa shape index (κ3) is 4.55. The number of benzene rings is 2. The number of hydrogen-bond acceptors (Lipinski definition) is 6. The van der Waals surface area contributed by atoms with Crippen molar-refractivity contribution in [2.24, 2.45) is 5.92 Å². The van der Waals surface area contributed by atoms with Crippen LogP contribution in [0.2, 0.25) is 0 Å². The topological polar surface area (TPSA) is 102 Å².